The van der Waals surface area contributed by atoms with E-state index in [0.29, 0.717) is 18.4 Å². The van der Waals surface area contributed by atoms with Crippen molar-refractivity contribution in [2.75, 3.05) is 19.0 Å². The molecule has 1 fully saturated rings. The van der Waals surface area contributed by atoms with Gasteiger partial charge >= 0.3 is 6.09 Å². The predicted molar refractivity (Wildman–Crippen MR) is 56.6 cm³/mol. The van der Waals surface area contributed by atoms with Gasteiger partial charge in [-0.05, 0) is 12.3 Å². The minimum Gasteiger partial charge on any atom is -0.447 e. The average Bonchev–Trinajstić information content (AvgIpc) is 2.56. The molecule has 0 N–H and O–H groups in total. The number of carbonyl (C=O) groups is 1. The Morgan fingerprint density at radius 2 is 2.43 bits per heavy atom. The summed E-state index contributed by atoms with van der Waals surface area (Å²) in [5.74, 6) is 1.09. The first-order valence-electron chi connectivity index (χ1n) is 5.20. The third-order valence-electron chi connectivity index (χ3n) is 2.85. The Labute approximate surface area is 90.4 Å². The van der Waals surface area contributed by atoms with Crippen LogP contribution < -0.4 is 0 Å². The zero-order valence-electron chi connectivity index (χ0n) is 8.83. The standard InChI is InChI=1S/C10H18ClNO2/c1-3-8(2)9-7-14-10(13)12(9)6-4-5-11/h8-9H,3-7H2,1-2H3/t8?,9-/m1/s1. The first kappa shape index (κ1) is 11.6. The van der Waals surface area contributed by atoms with Crippen molar-refractivity contribution in [1.29, 1.82) is 0 Å². The fraction of sp³-hybridized carbons (Fsp3) is 0.900. The number of cyclic esters (lactones) is 1. The van der Waals surface area contributed by atoms with E-state index in [4.69, 9.17) is 16.3 Å². The molecule has 0 aliphatic carbocycles. The highest BCUT2D eigenvalue weighted by Crippen LogP contribution is 2.21. The summed E-state index contributed by atoms with van der Waals surface area (Å²) in [4.78, 5) is 13.2. The van der Waals surface area contributed by atoms with Crippen LogP contribution >= 0.6 is 11.6 Å². The summed E-state index contributed by atoms with van der Waals surface area (Å²) in [5, 5.41) is 0. The summed E-state index contributed by atoms with van der Waals surface area (Å²) in [6.07, 6.45) is 1.72. The van der Waals surface area contributed by atoms with E-state index in [1.807, 2.05) is 4.90 Å². The van der Waals surface area contributed by atoms with E-state index >= 15 is 0 Å². The van der Waals surface area contributed by atoms with Gasteiger partial charge in [0.25, 0.3) is 0 Å². The van der Waals surface area contributed by atoms with Crippen molar-refractivity contribution in [2.24, 2.45) is 5.92 Å². The van der Waals surface area contributed by atoms with Crippen LogP contribution in [-0.2, 0) is 4.74 Å². The Kier molecular flexibility index (Phi) is 4.52. The van der Waals surface area contributed by atoms with Crippen molar-refractivity contribution in [3.63, 3.8) is 0 Å². The Bertz CT molecular complexity index is 199. The average molecular weight is 220 g/mol. The van der Waals surface area contributed by atoms with Crippen molar-refractivity contribution < 1.29 is 9.53 Å². The molecule has 0 saturated carbocycles. The number of hydrogen-bond donors (Lipinski definition) is 0. The number of ether oxygens (including phenoxy) is 1. The highest BCUT2D eigenvalue weighted by Gasteiger charge is 2.35. The summed E-state index contributed by atoms with van der Waals surface area (Å²) in [6, 6.07) is 0.246. The van der Waals surface area contributed by atoms with Crippen molar-refractivity contribution in [3.05, 3.63) is 0 Å². The molecule has 0 aromatic carbocycles. The lowest BCUT2D eigenvalue weighted by atomic mass is 9.99. The highest BCUT2D eigenvalue weighted by atomic mass is 35.5. The lowest BCUT2D eigenvalue weighted by Gasteiger charge is -2.25. The largest absolute Gasteiger partial charge is 0.447 e. The summed E-state index contributed by atoms with van der Waals surface area (Å²) in [5.41, 5.74) is 0. The normalized spacial score (nSPS) is 23.8. The molecule has 0 radical (unpaired) electrons. The molecule has 0 aromatic heterocycles. The number of rotatable bonds is 5. The molecule has 0 bridgehead atoms. The smallest absolute Gasteiger partial charge is 0.410 e. The van der Waals surface area contributed by atoms with Crippen LogP contribution in [0.4, 0.5) is 4.79 Å². The van der Waals surface area contributed by atoms with E-state index in [1.165, 1.54) is 0 Å². The summed E-state index contributed by atoms with van der Waals surface area (Å²) in [6.45, 7) is 5.54. The van der Waals surface area contributed by atoms with Gasteiger partial charge in [-0.1, -0.05) is 20.3 Å². The molecule has 1 amide bonds. The Morgan fingerprint density at radius 3 is 3.00 bits per heavy atom. The van der Waals surface area contributed by atoms with E-state index in [1.54, 1.807) is 0 Å². The summed E-state index contributed by atoms with van der Waals surface area (Å²) < 4.78 is 5.04. The summed E-state index contributed by atoms with van der Waals surface area (Å²) >= 11 is 5.61. The Hall–Kier alpha value is -0.440. The maximum atomic E-state index is 11.4. The highest BCUT2D eigenvalue weighted by molar-refractivity contribution is 6.17. The van der Waals surface area contributed by atoms with Gasteiger partial charge in [0.2, 0.25) is 0 Å². The van der Waals surface area contributed by atoms with E-state index in [0.717, 1.165) is 19.4 Å². The van der Waals surface area contributed by atoms with Gasteiger partial charge in [0.05, 0.1) is 6.04 Å². The van der Waals surface area contributed by atoms with Crippen molar-refractivity contribution in [1.82, 2.24) is 4.90 Å². The first-order valence-corrected chi connectivity index (χ1v) is 5.73. The predicted octanol–water partition coefficient (Wildman–Crippen LogP) is 2.48. The lowest BCUT2D eigenvalue weighted by Crippen LogP contribution is -2.38. The van der Waals surface area contributed by atoms with E-state index in [-0.39, 0.29) is 12.1 Å². The van der Waals surface area contributed by atoms with Crippen LogP contribution in [0, 0.1) is 5.92 Å². The quantitative estimate of drug-likeness (QED) is 0.665. The fourth-order valence-corrected chi connectivity index (χ4v) is 1.82. The lowest BCUT2D eigenvalue weighted by molar-refractivity contribution is 0.156. The number of nitrogens with zero attached hydrogens (tertiary/aromatic N) is 1. The molecule has 1 rings (SSSR count). The molecule has 1 saturated heterocycles. The molecule has 1 heterocycles. The Balaban J connectivity index is 2.52. The van der Waals surface area contributed by atoms with Crippen molar-refractivity contribution >= 4 is 17.7 Å². The Morgan fingerprint density at radius 1 is 1.71 bits per heavy atom. The fourth-order valence-electron chi connectivity index (χ4n) is 1.70. The molecule has 1 aliphatic heterocycles. The van der Waals surface area contributed by atoms with E-state index in [2.05, 4.69) is 13.8 Å². The molecular formula is C10H18ClNO2. The zero-order valence-corrected chi connectivity index (χ0v) is 9.59. The van der Waals surface area contributed by atoms with Crippen LogP contribution in [0.2, 0.25) is 0 Å². The minimum atomic E-state index is -0.180. The van der Waals surface area contributed by atoms with Crippen molar-refractivity contribution in [3.8, 4) is 0 Å². The molecule has 1 unspecified atom stereocenters. The molecule has 4 heteroatoms. The van der Waals surface area contributed by atoms with Gasteiger partial charge in [0.15, 0.2) is 0 Å². The molecule has 82 valence electrons. The number of carbonyl (C=O) groups excluding carboxylic acids is 1. The zero-order chi connectivity index (χ0) is 10.6. The topological polar surface area (TPSA) is 29.5 Å². The number of halogens is 1. The van der Waals surface area contributed by atoms with Crippen LogP contribution in [-0.4, -0.2) is 36.1 Å². The van der Waals surface area contributed by atoms with Crippen LogP contribution in [0.25, 0.3) is 0 Å². The van der Waals surface area contributed by atoms with Crippen LogP contribution in [0.1, 0.15) is 26.7 Å². The third kappa shape index (κ3) is 2.53. The number of alkyl halides is 1. The molecular weight excluding hydrogens is 202 g/mol. The maximum Gasteiger partial charge on any atom is 0.410 e. The monoisotopic (exact) mass is 219 g/mol. The van der Waals surface area contributed by atoms with E-state index in [9.17, 15) is 4.79 Å². The second kappa shape index (κ2) is 5.44. The minimum absolute atomic E-state index is 0.180. The van der Waals surface area contributed by atoms with Gasteiger partial charge in [-0.25, -0.2) is 4.79 Å². The van der Waals surface area contributed by atoms with Gasteiger partial charge in [-0.15, -0.1) is 11.6 Å². The van der Waals surface area contributed by atoms with Gasteiger partial charge < -0.3 is 9.64 Å². The van der Waals surface area contributed by atoms with Gasteiger partial charge in [-0.2, -0.15) is 0 Å². The third-order valence-corrected chi connectivity index (χ3v) is 3.11. The van der Waals surface area contributed by atoms with Gasteiger partial charge in [-0.3, -0.25) is 0 Å². The molecule has 14 heavy (non-hydrogen) atoms. The second-order valence-electron chi connectivity index (χ2n) is 3.77. The van der Waals surface area contributed by atoms with Crippen LogP contribution in [0.15, 0.2) is 0 Å². The maximum absolute atomic E-state index is 11.4. The van der Waals surface area contributed by atoms with Crippen LogP contribution in [0.3, 0.4) is 0 Å². The summed E-state index contributed by atoms with van der Waals surface area (Å²) in [7, 11) is 0. The molecule has 1 aliphatic rings. The number of amides is 1. The molecule has 0 aromatic rings. The number of hydrogen-bond acceptors (Lipinski definition) is 2. The molecule has 3 nitrogen and oxygen atoms in total. The van der Waals surface area contributed by atoms with Gasteiger partial charge in [0.1, 0.15) is 6.61 Å². The molecule has 2 atom stereocenters. The molecule has 0 spiro atoms. The second-order valence-corrected chi connectivity index (χ2v) is 4.14. The first-order chi connectivity index (χ1) is 6.70. The van der Waals surface area contributed by atoms with Crippen molar-refractivity contribution in [2.45, 2.75) is 32.7 Å². The SMILES string of the molecule is CCC(C)[C@H]1COC(=O)N1CCCCl. The van der Waals surface area contributed by atoms with E-state index < -0.39 is 0 Å². The van der Waals surface area contributed by atoms with Crippen LogP contribution in [0.5, 0.6) is 0 Å². The van der Waals surface area contributed by atoms with Gasteiger partial charge in [0, 0.05) is 12.4 Å².